The first-order chi connectivity index (χ1) is 11.8. The molecule has 7 heteroatoms. The van der Waals surface area contributed by atoms with Crippen molar-refractivity contribution in [2.75, 3.05) is 11.1 Å². The van der Waals surface area contributed by atoms with Gasteiger partial charge in [-0.25, -0.2) is 0 Å². The number of dihydropyridines is 1. The Bertz CT molecular complexity index is 807. The van der Waals surface area contributed by atoms with Crippen molar-refractivity contribution in [1.82, 2.24) is 5.32 Å². The molecule has 0 radical (unpaired) electrons. The number of nitrogens with zero attached hydrogens (tertiary/aromatic N) is 1. The van der Waals surface area contributed by atoms with Crippen molar-refractivity contribution in [3.63, 3.8) is 0 Å². The third-order valence-corrected chi connectivity index (χ3v) is 5.34. The largest absolute Gasteiger partial charge is 0.353 e. The van der Waals surface area contributed by atoms with Crippen molar-refractivity contribution in [2.45, 2.75) is 20.8 Å². The molecule has 0 bridgehead atoms. The molecular formula is C18H18BrN3O2S. The van der Waals surface area contributed by atoms with Crippen LogP contribution in [-0.4, -0.2) is 17.4 Å². The second kappa shape index (κ2) is 8.37. The molecule has 5 nitrogen and oxygen atoms in total. The quantitative estimate of drug-likeness (QED) is 0.754. The number of carbonyl (C=O) groups is 2. The number of Topliss-reactive ketones (excluding diaryl/α,β-unsaturated/α-hetero) is 1. The number of carbonyl (C=O) groups excluding carboxylic acids is 2. The Hall–Kier alpha value is -2.04. The van der Waals surface area contributed by atoms with E-state index in [0.29, 0.717) is 21.9 Å². The molecule has 1 aliphatic heterocycles. The van der Waals surface area contributed by atoms with Crippen molar-refractivity contribution >= 4 is 45.1 Å². The van der Waals surface area contributed by atoms with Crippen molar-refractivity contribution in [3.8, 4) is 6.07 Å². The van der Waals surface area contributed by atoms with Gasteiger partial charge in [0.25, 0.3) is 0 Å². The molecule has 2 rings (SSSR count). The highest BCUT2D eigenvalue weighted by molar-refractivity contribution is 9.10. The lowest BCUT2D eigenvalue weighted by Gasteiger charge is -2.26. The summed E-state index contributed by atoms with van der Waals surface area (Å²) >= 11 is 4.61. The van der Waals surface area contributed by atoms with Crippen molar-refractivity contribution in [2.24, 2.45) is 5.92 Å². The van der Waals surface area contributed by atoms with E-state index in [9.17, 15) is 14.9 Å². The molecule has 1 aliphatic rings. The number of halogens is 1. The van der Waals surface area contributed by atoms with Crippen LogP contribution in [0, 0.1) is 17.2 Å². The highest BCUT2D eigenvalue weighted by Gasteiger charge is 2.28. The van der Waals surface area contributed by atoms with E-state index in [-0.39, 0.29) is 23.4 Å². The third kappa shape index (κ3) is 4.74. The maximum absolute atomic E-state index is 12.1. The Kier molecular flexibility index (Phi) is 6.45. The number of hydrogen-bond acceptors (Lipinski definition) is 5. The molecule has 0 saturated heterocycles. The average Bonchev–Trinajstić information content (AvgIpc) is 2.54. The van der Waals surface area contributed by atoms with E-state index in [1.54, 1.807) is 12.1 Å². The summed E-state index contributed by atoms with van der Waals surface area (Å²) in [6, 6.07) is 9.47. The minimum absolute atomic E-state index is 0.0534. The van der Waals surface area contributed by atoms with Crippen LogP contribution < -0.4 is 10.6 Å². The Balaban J connectivity index is 2.05. The van der Waals surface area contributed by atoms with Crippen LogP contribution >= 0.6 is 27.7 Å². The van der Waals surface area contributed by atoms with Crippen LogP contribution in [0.25, 0.3) is 0 Å². The lowest BCUT2D eigenvalue weighted by molar-refractivity contribution is -0.114. The van der Waals surface area contributed by atoms with Gasteiger partial charge in [0, 0.05) is 27.3 Å². The Labute approximate surface area is 159 Å². The van der Waals surface area contributed by atoms with Gasteiger partial charge in [-0.2, -0.15) is 5.26 Å². The van der Waals surface area contributed by atoms with E-state index < -0.39 is 0 Å². The van der Waals surface area contributed by atoms with Crippen LogP contribution in [0.1, 0.15) is 20.8 Å². The smallest absolute Gasteiger partial charge is 0.234 e. The minimum atomic E-state index is -0.277. The normalized spacial score (nSPS) is 17.0. The first-order valence-electron chi connectivity index (χ1n) is 7.64. The molecule has 1 atom stereocenters. The number of nitriles is 1. The molecule has 130 valence electrons. The molecule has 25 heavy (non-hydrogen) atoms. The number of ketones is 1. The Morgan fingerprint density at radius 3 is 2.56 bits per heavy atom. The van der Waals surface area contributed by atoms with Gasteiger partial charge in [0.15, 0.2) is 5.78 Å². The zero-order chi connectivity index (χ0) is 18.6. The molecule has 0 aliphatic carbocycles. The van der Waals surface area contributed by atoms with Gasteiger partial charge in [0.1, 0.15) is 0 Å². The van der Waals surface area contributed by atoms with Gasteiger partial charge in [-0.1, -0.05) is 34.6 Å². The van der Waals surface area contributed by atoms with Crippen LogP contribution in [0.2, 0.25) is 0 Å². The fourth-order valence-corrected chi connectivity index (χ4v) is 3.88. The van der Waals surface area contributed by atoms with Gasteiger partial charge in [-0.3, -0.25) is 9.59 Å². The maximum atomic E-state index is 12.1. The van der Waals surface area contributed by atoms with E-state index in [0.717, 1.165) is 10.2 Å². The van der Waals surface area contributed by atoms with Gasteiger partial charge < -0.3 is 10.6 Å². The fourth-order valence-electron chi connectivity index (χ4n) is 2.67. The van der Waals surface area contributed by atoms with Crippen LogP contribution in [0.5, 0.6) is 0 Å². The van der Waals surface area contributed by atoms with Crippen LogP contribution in [0.3, 0.4) is 0 Å². The summed E-state index contributed by atoms with van der Waals surface area (Å²) in [6.45, 7) is 5.14. The second-order valence-electron chi connectivity index (χ2n) is 5.64. The van der Waals surface area contributed by atoms with E-state index in [1.807, 2.05) is 26.0 Å². The standard InChI is InChI=1S/C18H18BrN3O2S/c1-10-15(8-20)18(21-11(2)17(10)12(3)23)25-9-16(24)22-14-6-4-13(19)5-7-14/h4-7,10,21H,9H2,1-3H3,(H,22,24). The Morgan fingerprint density at radius 1 is 1.36 bits per heavy atom. The van der Waals surface area contributed by atoms with E-state index in [2.05, 4.69) is 32.6 Å². The van der Waals surface area contributed by atoms with Gasteiger partial charge in [-0.05, 0) is 38.1 Å². The maximum Gasteiger partial charge on any atom is 0.234 e. The number of anilines is 1. The number of benzene rings is 1. The van der Waals surface area contributed by atoms with Gasteiger partial charge in [0.05, 0.1) is 22.4 Å². The van der Waals surface area contributed by atoms with E-state index >= 15 is 0 Å². The second-order valence-corrected chi connectivity index (χ2v) is 7.54. The van der Waals surface area contributed by atoms with Crippen LogP contribution in [0.15, 0.2) is 50.6 Å². The van der Waals surface area contributed by atoms with Crippen molar-refractivity contribution < 1.29 is 9.59 Å². The van der Waals surface area contributed by atoms with Crippen molar-refractivity contribution in [1.29, 1.82) is 5.26 Å². The summed E-state index contributed by atoms with van der Waals surface area (Å²) in [7, 11) is 0. The number of thioether (sulfide) groups is 1. The molecule has 1 heterocycles. The summed E-state index contributed by atoms with van der Waals surface area (Å²) in [5, 5.41) is 16.0. The lowest BCUT2D eigenvalue weighted by Crippen LogP contribution is -2.27. The van der Waals surface area contributed by atoms with Crippen LogP contribution in [-0.2, 0) is 9.59 Å². The molecule has 1 amide bonds. The minimum Gasteiger partial charge on any atom is -0.353 e. The summed E-state index contributed by atoms with van der Waals surface area (Å²) in [5.41, 5.74) is 2.54. The topological polar surface area (TPSA) is 82.0 Å². The average molecular weight is 420 g/mol. The first kappa shape index (κ1) is 19.3. The lowest BCUT2D eigenvalue weighted by atomic mass is 9.88. The predicted octanol–water partition coefficient (Wildman–Crippen LogP) is 3.96. The van der Waals surface area contributed by atoms with Gasteiger partial charge in [0.2, 0.25) is 5.91 Å². The molecule has 1 unspecified atom stereocenters. The van der Waals surface area contributed by atoms with Crippen LogP contribution in [0.4, 0.5) is 5.69 Å². The first-order valence-corrected chi connectivity index (χ1v) is 9.42. The molecule has 1 aromatic rings. The molecule has 1 aromatic carbocycles. The fraction of sp³-hybridized carbons (Fsp3) is 0.278. The number of nitrogens with one attached hydrogen (secondary N) is 2. The molecule has 0 aromatic heterocycles. The molecule has 2 N–H and O–H groups in total. The summed E-state index contributed by atoms with van der Waals surface area (Å²) in [4.78, 5) is 23.9. The van der Waals surface area contributed by atoms with E-state index in [4.69, 9.17) is 0 Å². The summed E-state index contributed by atoms with van der Waals surface area (Å²) in [5.74, 6) is -0.326. The number of allylic oxidation sites excluding steroid dienone is 3. The molecule has 0 spiro atoms. The number of amides is 1. The molecule has 0 saturated carbocycles. The van der Waals surface area contributed by atoms with Gasteiger partial charge in [-0.15, -0.1) is 0 Å². The zero-order valence-electron chi connectivity index (χ0n) is 14.1. The molecular weight excluding hydrogens is 402 g/mol. The SMILES string of the molecule is CC(=O)C1=C(C)NC(SCC(=O)Nc2ccc(Br)cc2)=C(C#N)C1C. The zero-order valence-corrected chi connectivity index (χ0v) is 16.5. The predicted molar refractivity (Wildman–Crippen MR) is 104 cm³/mol. The number of rotatable bonds is 5. The summed E-state index contributed by atoms with van der Waals surface area (Å²) in [6.07, 6.45) is 0. The Morgan fingerprint density at radius 2 is 2.00 bits per heavy atom. The summed E-state index contributed by atoms with van der Waals surface area (Å²) < 4.78 is 0.938. The highest BCUT2D eigenvalue weighted by Crippen LogP contribution is 2.33. The highest BCUT2D eigenvalue weighted by atomic mass is 79.9. The third-order valence-electron chi connectivity index (χ3n) is 3.79. The molecule has 0 fully saturated rings. The monoisotopic (exact) mass is 419 g/mol. The number of hydrogen-bond donors (Lipinski definition) is 2. The van der Waals surface area contributed by atoms with Gasteiger partial charge >= 0.3 is 0 Å². The van der Waals surface area contributed by atoms with Crippen molar-refractivity contribution in [3.05, 3.63) is 50.6 Å². The van der Waals surface area contributed by atoms with E-state index in [1.165, 1.54) is 18.7 Å².